The Bertz CT molecular complexity index is 641. The fourth-order valence-corrected chi connectivity index (χ4v) is 4.64. The zero-order chi connectivity index (χ0) is 17.4. The van der Waals surface area contributed by atoms with Crippen molar-refractivity contribution in [3.63, 3.8) is 0 Å². The Hall–Kier alpha value is 1.33. The third kappa shape index (κ3) is 5.69. The van der Waals surface area contributed by atoms with E-state index in [9.17, 15) is 29.4 Å². The first kappa shape index (κ1) is 25.4. The number of hydrogen-bond donors (Lipinski definition) is 0. The van der Waals surface area contributed by atoms with Crippen molar-refractivity contribution in [1.29, 1.82) is 0 Å². The van der Waals surface area contributed by atoms with Crippen LogP contribution in [0.5, 0.6) is 0 Å². The number of carbonyl (C=O) groups is 4. The molecule has 4 rings (SSSR count). The van der Waals surface area contributed by atoms with Gasteiger partial charge in [0.2, 0.25) is 10.2 Å². The van der Waals surface area contributed by atoms with Crippen molar-refractivity contribution in [2.75, 3.05) is 13.1 Å². The second-order valence-electron chi connectivity index (χ2n) is 5.38. The van der Waals surface area contributed by atoms with E-state index in [-0.39, 0.29) is 135 Å². The summed E-state index contributed by atoms with van der Waals surface area (Å²) in [5.74, 6) is -2.51. The molecule has 128 valence electrons. The van der Waals surface area contributed by atoms with Crippen molar-refractivity contribution >= 4 is 45.7 Å². The fourth-order valence-electron chi connectivity index (χ4n) is 2.60. The molecule has 0 aliphatic carbocycles. The molecule has 8 nitrogen and oxygen atoms in total. The largest absolute Gasteiger partial charge is 1.00 e. The van der Waals surface area contributed by atoms with Crippen LogP contribution in [0, 0.1) is 0 Å². The van der Waals surface area contributed by atoms with E-state index in [4.69, 9.17) is 0 Å². The molecule has 26 heavy (non-hydrogen) atoms. The van der Waals surface area contributed by atoms with Gasteiger partial charge in [-0.3, -0.25) is 9.59 Å². The van der Waals surface area contributed by atoms with Crippen molar-refractivity contribution in [3.05, 3.63) is 23.5 Å². The van der Waals surface area contributed by atoms with E-state index in [2.05, 4.69) is 0 Å². The fraction of sp³-hybridized carbons (Fsp3) is 0.429. The Labute approximate surface area is 243 Å². The first-order chi connectivity index (χ1) is 11.4. The molecule has 2 unspecified atom stereocenters. The van der Waals surface area contributed by atoms with Gasteiger partial charge < -0.3 is 29.6 Å². The Kier molecular flexibility index (Phi) is 10.7. The number of carbonyl (C=O) groups excluding carboxylic acids is 4. The van der Waals surface area contributed by atoms with E-state index in [0.29, 0.717) is 13.1 Å². The molecular weight excluding hydrogens is 434 g/mol. The van der Waals surface area contributed by atoms with E-state index in [0.717, 1.165) is 25.0 Å². The standard InChI is InChI=1S/2C7H7NO3S.2K/c2*9-6-3-4(7(10)11)8-2-1-5(8)12-6;;/h2*3,5H,1-2H2,(H,10,11);;/q;;2*+1/p-2. The molecule has 0 amide bonds. The van der Waals surface area contributed by atoms with Crippen LogP contribution in [0.3, 0.4) is 0 Å². The summed E-state index contributed by atoms with van der Waals surface area (Å²) >= 11 is 2.35. The zero-order valence-electron chi connectivity index (χ0n) is 14.3. The number of thioether (sulfide) groups is 2. The third-order valence-corrected chi connectivity index (χ3v) is 6.20. The van der Waals surface area contributed by atoms with Gasteiger partial charge in [0.05, 0.1) is 34.1 Å². The van der Waals surface area contributed by atoms with Crippen molar-refractivity contribution in [2.45, 2.75) is 23.6 Å². The van der Waals surface area contributed by atoms with Gasteiger partial charge in [-0.15, -0.1) is 0 Å². The normalized spacial score (nSPS) is 25.2. The molecule has 12 heteroatoms. The van der Waals surface area contributed by atoms with Crippen molar-refractivity contribution in [2.24, 2.45) is 0 Å². The number of fused-ring (bicyclic) bond motifs is 2. The minimum atomic E-state index is -1.26. The van der Waals surface area contributed by atoms with E-state index < -0.39 is 11.9 Å². The van der Waals surface area contributed by atoms with Crippen molar-refractivity contribution < 1.29 is 132 Å². The third-order valence-electron chi connectivity index (χ3n) is 3.98. The van der Waals surface area contributed by atoms with Gasteiger partial charge in [-0.1, -0.05) is 23.5 Å². The van der Waals surface area contributed by atoms with Gasteiger partial charge >= 0.3 is 103 Å². The van der Waals surface area contributed by atoms with Gasteiger partial charge in [0, 0.05) is 25.2 Å². The van der Waals surface area contributed by atoms with Gasteiger partial charge in [-0.05, 0) is 12.8 Å². The summed E-state index contributed by atoms with van der Waals surface area (Å²) in [5.41, 5.74) is 0.0741. The van der Waals surface area contributed by atoms with Crippen LogP contribution < -0.4 is 113 Å². The average Bonchev–Trinajstić information content (AvgIpc) is 2.45. The monoisotopic (exact) mass is 446 g/mol. The summed E-state index contributed by atoms with van der Waals surface area (Å²) in [6.45, 7) is 1.43. The number of aliphatic carboxylic acids is 2. The second-order valence-corrected chi connectivity index (χ2v) is 7.75. The van der Waals surface area contributed by atoms with Gasteiger partial charge in [0.1, 0.15) is 0 Å². The Balaban J connectivity index is 0.000000241. The van der Waals surface area contributed by atoms with Crippen molar-refractivity contribution in [1.82, 2.24) is 9.80 Å². The number of carboxylic acids is 2. The van der Waals surface area contributed by atoms with Crippen LogP contribution in [0.15, 0.2) is 23.5 Å². The van der Waals surface area contributed by atoms with E-state index in [1.165, 1.54) is 23.5 Å². The maximum atomic E-state index is 10.9. The van der Waals surface area contributed by atoms with Crippen LogP contribution in [-0.4, -0.2) is 55.8 Å². The summed E-state index contributed by atoms with van der Waals surface area (Å²) in [5, 5.41) is 20.7. The number of nitrogens with zero attached hydrogens (tertiary/aromatic N) is 2. The maximum Gasteiger partial charge on any atom is 1.00 e. The molecule has 0 saturated carbocycles. The summed E-state index contributed by atoms with van der Waals surface area (Å²) < 4.78 is 0. The predicted molar refractivity (Wildman–Crippen MR) is 81.6 cm³/mol. The molecule has 0 radical (unpaired) electrons. The van der Waals surface area contributed by atoms with Crippen LogP contribution in [0.25, 0.3) is 0 Å². The van der Waals surface area contributed by atoms with Crippen LogP contribution >= 0.6 is 23.5 Å². The first-order valence-electron chi connectivity index (χ1n) is 7.17. The Morgan fingerprint density at radius 2 is 1.19 bits per heavy atom. The van der Waals surface area contributed by atoms with Crippen LogP contribution in [0.4, 0.5) is 0 Å². The van der Waals surface area contributed by atoms with E-state index in [1.807, 2.05) is 0 Å². The molecule has 0 bridgehead atoms. The quantitative estimate of drug-likeness (QED) is 0.378. The summed E-state index contributed by atoms with van der Waals surface area (Å²) in [7, 11) is 0. The molecule has 0 N–H and O–H groups in total. The number of hydrogen-bond acceptors (Lipinski definition) is 10. The minimum absolute atomic E-state index is 0. The smallest absolute Gasteiger partial charge is 0.543 e. The maximum absolute atomic E-state index is 10.9. The van der Waals surface area contributed by atoms with Crippen molar-refractivity contribution in [3.8, 4) is 0 Å². The number of rotatable bonds is 2. The van der Waals surface area contributed by atoms with Gasteiger partial charge in [0.15, 0.2) is 0 Å². The molecular formula is C14H12K2N2O6S2. The minimum Gasteiger partial charge on any atom is -0.543 e. The van der Waals surface area contributed by atoms with Gasteiger partial charge in [0.25, 0.3) is 0 Å². The van der Waals surface area contributed by atoms with Crippen LogP contribution in [0.2, 0.25) is 0 Å². The Morgan fingerprint density at radius 1 is 0.846 bits per heavy atom. The number of carboxylic acid groups (broad SMARTS) is 2. The Morgan fingerprint density at radius 3 is 1.42 bits per heavy atom. The summed E-state index contributed by atoms with van der Waals surface area (Å²) in [6.07, 6.45) is 4.02. The van der Waals surface area contributed by atoms with E-state index >= 15 is 0 Å². The molecule has 2 atom stereocenters. The molecule has 2 fully saturated rings. The molecule has 0 aromatic rings. The van der Waals surface area contributed by atoms with Crippen LogP contribution in [0.1, 0.15) is 12.8 Å². The zero-order valence-corrected chi connectivity index (χ0v) is 22.2. The summed E-state index contributed by atoms with van der Waals surface area (Å²) in [6, 6.07) is 0. The van der Waals surface area contributed by atoms with E-state index in [1.54, 1.807) is 9.80 Å². The molecule has 4 heterocycles. The second kappa shape index (κ2) is 10.9. The van der Waals surface area contributed by atoms with Gasteiger partial charge in [-0.25, -0.2) is 0 Å². The molecule has 4 aliphatic heterocycles. The predicted octanol–water partition coefficient (Wildman–Crippen LogP) is -8.14. The molecule has 0 aromatic carbocycles. The summed E-state index contributed by atoms with van der Waals surface area (Å²) in [4.78, 5) is 46.3. The molecule has 4 aliphatic rings. The molecule has 2 saturated heterocycles. The molecule has 0 aromatic heterocycles. The first-order valence-corrected chi connectivity index (χ1v) is 8.93. The van der Waals surface area contributed by atoms with Gasteiger partial charge in [-0.2, -0.15) is 0 Å². The topological polar surface area (TPSA) is 121 Å². The SMILES string of the molecule is O=C1C=C(C(=O)[O-])N2CCC2S1.O=C1C=C(C(=O)[O-])N2CCC2S1.[K+].[K+]. The average molecular weight is 447 g/mol. The van der Waals surface area contributed by atoms with Crippen LogP contribution in [-0.2, 0) is 19.2 Å². The molecule has 0 spiro atoms.